The van der Waals surface area contributed by atoms with E-state index < -0.39 is 36.5 Å². The van der Waals surface area contributed by atoms with Crippen LogP contribution in [0.4, 0.5) is 48.3 Å². The SMILES string of the molecule is OCC(F)(F)C(F)(F)C(F)(F)C(F)(F)C(F)(F)F. The monoisotopic (exact) mass is 300 g/mol. The van der Waals surface area contributed by atoms with Crippen molar-refractivity contribution in [1.82, 2.24) is 0 Å². The van der Waals surface area contributed by atoms with Crippen molar-refractivity contribution < 1.29 is 53.4 Å². The summed E-state index contributed by atoms with van der Waals surface area (Å²) in [6, 6.07) is 0. The molecule has 0 rings (SSSR count). The molecule has 110 valence electrons. The number of halogens is 11. The minimum Gasteiger partial charge on any atom is -0.390 e. The Labute approximate surface area is 91.2 Å². The molecule has 0 fully saturated rings. The summed E-state index contributed by atoms with van der Waals surface area (Å²) >= 11 is 0. The summed E-state index contributed by atoms with van der Waals surface area (Å²) in [7, 11) is 0. The predicted molar refractivity (Wildman–Crippen MR) is 32.9 cm³/mol. The minimum absolute atomic E-state index is 3.04. The molecule has 12 heteroatoms. The summed E-state index contributed by atoms with van der Waals surface area (Å²) in [4.78, 5) is 0. The summed E-state index contributed by atoms with van der Waals surface area (Å²) in [5.41, 5.74) is 0. The van der Waals surface area contributed by atoms with Crippen molar-refractivity contribution in [2.24, 2.45) is 0 Å². The van der Waals surface area contributed by atoms with Gasteiger partial charge in [-0.2, -0.15) is 48.3 Å². The van der Waals surface area contributed by atoms with E-state index in [2.05, 4.69) is 0 Å². The maximum Gasteiger partial charge on any atom is 0.460 e. The first-order valence-electron chi connectivity index (χ1n) is 3.75. The van der Waals surface area contributed by atoms with Crippen LogP contribution in [-0.2, 0) is 0 Å². The van der Waals surface area contributed by atoms with Gasteiger partial charge in [-0.15, -0.1) is 0 Å². The summed E-state index contributed by atoms with van der Waals surface area (Å²) < 4.78 is 132. The molecule has 0 saturated heterocycles. The maximum atomic E-state index is 12.4. The number of hydrogen-bond donors (Lipinski definition) is 1. The summed E-state index contributed by atoms with van der Waals surface area (Å²) in [6.07, 6.45) is -7.18. The fourth-order valence-corrected chi connectivity index (χ4v) is 0.704. The second-order valence-corrected chi connectivity index (χ2v) is 3.08. The highest BCUT2D eigenvalue weighted by molar-refractivity contribution is 5.05. The van der Waals surface area contributed by atoms with Gasteiger partial charge in [0, 0.05) is 0 Å². The van der Waals surface area contributed by atoms with E-state index in [4.69, 9.17) is 5.11 Å². The van der Waals surface area contributed by atoms with Crippen LogP contribution in [0.5, 0.6) is 0 Å². The zero-order chi connectivity index (χ0) is 15.2. The lowest BCUT2D eigenvalue weighted by Gasteiger charge is -2.36. The standard InChI is InChI=1S/C6H3F11O/c7-2(8,1-18)3(9,10)4(11,12)5(13,14)6(15,16)17/h18H,1H2. The molecular formula is C6H3F11O. The Bertz CT molecular complexity index is 303. The van der Waals surface area contributed by atoms with Gasteiger partial charge in [-0.1, -0.05) is 0 Å². The molecule has 0 atom stereocenters. The number of alkyl halides is 11. The molecule has 0 aliphatic rings. The normalized spacial score (nSPS) is 16.0. The van der Waals surface area contributed by atoms with E-state index >= 15 is 0 Å². The Morgan fingerprint density at radius 3 is 1.11 bits per heavy atom. The Morgan fingerprint density at radius 2 is 0.889 bits per heavy atom. The topological polar surface area (TPSA) is 20.2 Å². The van der Waals surface area contributed by atoms with Crippen molar-refractivity contribution in [2.75, 3.05) is 6.61 Å². The second-order valence-electron chi connectivity index (χ2n) is 3.08. The van der Waals surface area contributed by atoms with Crippen molar-refractivity contribution in [1.29, 1.82) is 0 Å². The molecule has 0 bridgehead atoms. The highest BCUT2D eigenvalue weighted by Gasteiger charge is 2.86. The first-order valence-corrected chi connectivity index (χ1v) is 3.75. The average molecular weight is 300 g/mol. The van der Waals surface area contributed by atoms with Gasteiger partial charge in [0.2, 0.25) is 0 Å². The van der Waals surface area contributed by atoms with Gasteiger partial charge >= 0.3 is 29.9 Å². The second kappa shape index (κ2) is 4.10. The van der Waals surface area contributed by atoms with Crippen molar-refractivity contribution in [2.45, 2.75) is 29.9 Å². The molecular weight excluding hydrogens is 297 g/mol. The molecule has 0 unspecified atom stereocenters. The van der Waals surface area contributed by atoms with Crippen LogP contribution in [0.25, 0.3) is 0 Å². The number of hydrogen-bond acceptors (Lipinski definition) is 1. The Morgan fingerprint density at radius 1 is 0.556 bits per heavy atom. The van der Waals surface area contributed by atoms with Crippen molar-refractivity contribution >= 4 is 0 Å². The fraction of sp³-hybridized carbons (Fsp3) is 1.00. The van der Waals surface area contributed by atoms with Gasteiger partial charge < -0.3 is 5.11 Å². The molecule has 1 N–H and O–H groups in total. The van der Waals surface area contributed by atoms with Gasteiger partial charge in [0.25, 0.3) is 0 Å². The van der Waals surface area contributed by atoms with Crippen LogP contribution in [0.2, 0.25) is 0 Å². The average Bonchev–Trinajstić information content (AvgIpc) is 2.15. The number of aliphatic hydroxyl groups excluding tert-OH is 1. The molecule has 0 aromatic carbocycles. The molecule has 0 spiro atoms. The molecule has 1 nitrogen and oxygen atoms in total. The molecule has 0 aromatic rings. The zero-order valence-corrected chi connectivity index (χ0v) is 7.81. The summed E-state index contributed by atoms with van der Waals surface area (Å²) in [5, 5.41) is 7.67. The molecule has 18 heavy (non-hydrogen) atoms. The van der Waals surface area contributed by atoms with Gasteiger partial charge in [0.1, 0.15) is 6.61 Å². The van der Waals surface area contributed by atoms with E-state index in [1.165, 1.54) is 0 Å². The first-order chi connectivity index (χ1) is 7.56. The lowest BCUT2D eigenvalue weighted by molar-refractivity contribution is -0.423. The largest absolute Gasteiger partial charge is 0.460 e. The highest BCUT2D eigenvalue weighted by Crippen LogP contribution is 2.57. The van der Waals surface area contributed by atoms with Crippen LogP contribution >= 0.6 is 0 Å². The van der Waals surface area contributed by atoms with Gasteiger partial charge in [-0.05, 0) is 0 Å². The maximum absolute atomic E-state index is 12.4. The molecule has 0 aromatic heterocycles. The Balaban J connectivity index is 5.80. The van der Waals surface area contributed by atoms with E-state index in [1.807, 2.05) is 0 Å². The Kier molecular flexibility index (Phi) is 3.91. The van der Waals surface area contributed by atoms with E-state index in [9.17, 15) is 48.3 Å². The summed E-state index contributed by atoms with van der Waals surface area (Å²) in [5.74, 6) is -28.1. The number of aliphatic hydroxyl groups is 1. The first kappa shape index (κ1) is 17.2. The molecule has 0 aliphatic carbocycles. The van der Waals surface area contributed by atoms with Crippen LogP contribution in [0.1, 0.15) is 0 Å². The molecule has 0 radical (unpaired) electrons. The lowest BCUT2D eigenvalue weighted by atomic mass is 9.98. The smallest absolute Gasteiger partial charge is 0.390 e. The highest BCUT2D eigenvalue weighted by atomic mass is 19.4. The quantitative estimate of drug-likeness (QED) is 0.791. The third kappa shape index (κ3) is 2.10. The predicted octanol–water partition coefficient (Wildman–Crippen LogP) is 3.08. The van der Waals surface area contributed by atoms with Crippen LogP contribution in [0.15, 0.2) is 0 Å². The molecule has 0 amide bonds. The third-order valence-corrected chi connectivity index (χ3v) is 1.80. The summed E-state index contributed by atoms with van der Waals surface area (Å²) in [6.45, 7) is -3.04. The van der Waals surface area contributed by atoms with Crippen LogP contribution < -0.4 is 0 Å². The molecule has 0 saturated carbocycles. The van der Waals surface area contributed by atoms with E-state index in [0.717, 1.165) is 0 Å². The molecule has 0 heterocycles. The van der Waals surface area contributed by atoms with Crippen molar-refractivity contribution in [3.63, 3.8) is 0 Å². The fourth-order valence-electron chi connectivity index (χ4n) is 0.704. The van der Waals surface area contributed by atoms with Crippen molar-refractivity contribution in [3.05, 3.63) is 0 Å². The van der Waals surface area contributed by atoms with Crippen molar-refractivity contribution in [3.8, 4) is 0 Å². The van der Waals surface area contributed by atoms with Gasteiger partial charge in [0.05, 0.1) is 0 Å². The number of rotatable bonds is 4. The van der Waals surface area contributed by atoms with Crippen LogP contribution in [0.3, 0.4) is 0 Å². The van der Waals surface area contributed by atoms with Gasteiger partial charge in [0.15, 0.2) is 0 Å². The van der Waals surface area contributed by atoms with E-state index in [1.54, 1.807) is 0 Å². The van der Waals surface area contributed by atoms with Gasteiger partial charge in [-0.25, -0.2) is 0 Å². The van der Waals surface area contributed by atoms with E-state index in [0.29, 0.717) is 0 Å². The van der Waals surface area contributed by atoms with E-state index in [-0.39, 0.29) is 0 Å². The van der Waals surface area contributed by atoms with Crippen LogP contribution in [0, 0.1) is 0 Å². The lowest BCUT2D eigenvalue weighted by Crippen LogP contribution is -2.67. The van der Waals surface area contributed by atoms with Gasteiger partial charge in [-0.3, -0.25) is 0 Å². The minimum atomic E-state index is -7.44. The third-order valence-electron chi connectivity index (χ3n) is 1.80. The van der Waals surface area contributed by atoms with Crippen LogP contribution in [-0.4, -0.2) is 41.6 Å². The molecule has 0 aliphatic heterocycles. The zero-order valence-electron chi connectivity index (χ0n) is 7.81. The Hall–Kier alpha value is -0.810.